The zero-order valence-corrected chi connectivity index (χ0v) is 11.4. The highest BCUT2D eigenvalue weighted by Crippen LogP contribution is 2.32. The Labute approximate surface area is 109 Å². The lowest BCUT2D eigenvalue weighted by atomic mass is 9.96. The first-order valence-corrected chi connectivity index (χ1v) is 6.66. The first-order valence-electron chi connectivity index (χ1n) is 6.28. The van der Waals surface area contributed by atoms with Crippen molar-refractivity contribution in [3.8, 4) is 0 Å². The molecule has 3 heteroatoms. The predicted molar refractivity (Wildman–Crippen MR) is 73.7 cm³/mol. The van der Waals surface area contributed by atoms with Crippen molar-refractivity contribution in [1.82, 2.24) is 4.90 Å². The Bertz CT molecular complexity index is 390. The molecule has 0 saturated carbocycles. The molecule has 94 valence electrons. The summed E-state index contributed by atoms with van der Waals surface area (Å²) in [6.45, 7) is 4.31. The molecule has 0 amide bonds. The molecule has 2 N–H and O–H groups in total. The van der Waals surface area contributed by atoms with Crippen molar-refractivity contribution in [1.29, 1.82) is 0 Å². The molecule has 1 heterocycles. The molecule has 0 spiro atoms. The molecule has 1 aromatic carbocycles. The number of nitrogens with two attached hydrogens (primary N) is 1. The van der Waals surface area contributed by atoms with Crippen molar-refractivity contribution >= 4 is 11.6 Å². The van der Waals surface area contributed by atoms with Crippen molar-refractivity contribution < 1.29 is 0 Å². The monoisotopic (exact) mass is 252 g/mol. The Kier molecular flexibility index (Phi) is 4.08. The van der Waals surface area contributed by atoms with E-state index in [4.69, 9.17) is 17.3 Å². The third-order valence-corrected chi connectivity index (χ3v) is 3.78. The molecule has 1 fully saturated rings. The van der Waals surface area contributed by atoms with E-state index in [1.54, 1.807) is 0 Å². The van der Waals surface area contributed by atoms with Crippen molar-refractivity contribution in [2.75, 3.05) is 20.1 Å². The summed E-state index contributed by atoms with van der Waals surface area (Å²) in [5, 5.41) is 0.906. The number of likely N-dealkylation sites (N-methyl/N-ethyl adjacent to an activating group) is 1. The van der Waals surface area contributed by atoms with Crippen LogP contribution in [0.15, 0.2) is 18.2 Å². The number of benzene rings is 1. The minimum Gasteiger partial charge on any atom is -0.328 e. The Morgan fingerprint density at radius 3 is 2.82 bits per heavy atom. The summed E-state index contributed by atoms with van der Waals surface area (Å²) in [5.41, 5.74) is 8.34. The molecule has 2 atom stereocenters. The van der Waals surface area contributed by atoms with Gasteiger partial charge in [-0.2, -0.15) is 0 Å². The maximum Gasteiger partial charge on any atom is 0.0444 e. The van der Waals surface area contributed by atoms with Crippen LogP contribution in [-0.2, 0) is 6.42 Å². The molecule has 17 heavy (non-hydrogen) atoms. The SMILES string of the molecule is CC(N)Cc1ccc(C2CCN(C)C2)c(Cl)c1. The van der Waals surface area contributed by atoms with Gasteiger partial charge in [0, 0.05) is 17.6 Å². The van der Waals surface area contributed by atoms with Crippen LogP contribution in [0.2, 0.25) is 5.02 Å². The average Bonchev–Trinajstić information content (AvgIpc) is 2.64. The summed E-state index contributed by atoms with van der Waals surface area (Å²) in [5.74, 6) is 0.594. The van der Waals surface area contributed by atoms with Crippen LogP contribution in [-0.4, -0.2) is 31.1 Å². The van der Waals surface area contributed by atoms with Crippen LogP contribution < -0.4 is 5.73 Å². The molecule has 1 aliphatic heterocycles. The van der Waals surface area contributed by atoms with Crippen LogP contribution in [0.1, 0.15) is 30.4 Å². The second-order valence-corrected chi connectivity index (χ2v) is 5.69. The summed E-state index contributed by atoms with van der Waals surface area (Å²) >= 11 is 6.38. The largest absolute Gasteiger partial charge is 0.328 e. The number of rotatable bonds is 3. The second kappa shape index (κ2) is 5.38. The highest BCUT2D eigenvalue weighted by atomic mass is 35.5. The number of likely N-dealkylation sites (tertiary alicyclic amines) is 1. The van der Waals surface area contributed by atoms with E-state index in [2.05, 4.69) is 30.1 Å². The van der Waals surface area contributed by atoms with E-state index in [-0.39, 0.29) is 6.04 Å². The van der Waals surface area contributed by atoms with Crippen LogP contribution in [0.5, 0.6) is 0 Å². The van der Waals surface area contributed by atoms with Crippen LogP contribution in [0.4, 0.5) is 0 Å². The molecule has 2 unspecified atom stereocenters. The average molecular weight is 253 g/mol. The standard InChI is InChI=1S/C14H21ClN2/c1-10(16)7-11-3-4-13(14(15)8-11)12-5-6-17(2)9-12/h3-4,8,10,12H,5-7,9,16H2,1-2H3. The van der Waals surface area contributed by atoms with Gasteiger partial charge in [-0.1, -0.05) is 23.7 Å². The highest BCUT2D eigenvalue weighted by Gasteiger charge is 2.22. The maximum absolute atomic E-state index is 6.38. The summed E-state index contributed by atoms with van der Waals surface area (Å²) < 4.78 is 0. The van der Waals surface area contributed by atoms with Crippen LogP contribution in [0.3, 0.4) is 0 Å². The van der Waals surface area contributed by atoms with Gasteiger partial charge in [-0.25, -0.2) is 0 Å². The molecular weight excluding hydrogens is 232 g/mol. The quantitative estimate of drug-likeness (QED) is 0.896. The zero-order valence-electron chi connectivity index (χ0n) is 10.6. The molecule has 0 aromatic heterocycles. The van der Waals surface area contributed by atoms with Crippen molar-refractivity contribution in [2.45, 2.75) is 31.7 Å². The number of halogens is 1. The second-order valence-electron chi connectivity index (χ2n) is 5.29. The highest BCUT2D eigenvalue weighted by molar-refractivity contribution is 6.31. The Balaban J connectivity index is 2.14. The smallest absolute Gasteiger partial charge is 0.0444 e. The summed E-state index contributed by atoms with van der Waals surface area (Å²) in [6.07, 6.45) is 2.10. The van der Waals surface area contributed by atoms with Gasteiger partial charge >= 0.3 is 0 Å². The van der Waals surface area contributed by atoms with Crippen molar-refractivity contribution in [3.63, 3.8) is 0 Å². The Morgan fingerprint density at radius 1 is 1.53 bits per heavy atom. The fourth-order valence-electron chi connectivity index (χ4n) is 2.59. The first-order chi connectivity index (χ1) is 8.06. The molecule has 1 aliphatic rings. The van der Waals surface area contributed by atoms with E-state index in [9.17, 15) is 0 Å². The number of nitrogens with zero attached hydrogens (tertiary/aromatic N) is 1. The molecular formula is C14H21ClN2. The van der Waals surface area contributed by atoms with E-state index >= 15 is 0 Å². The molecule has 2 nitrogen and oxygen atoms in total. The predicted octanol–water partition coefficient (Wildman–Crippen LogP) is 2.65. The van der Waals surface area contributed by atoms with E-state index in [1.165, 1.54) is 24.1 Å². The van der Waals surface area contributed by atoms with Gasteiger partial charge in [0.25, 0.3) is 0 Å². The van der Waals surface area contributed by atoms with Gasteiger partial charge in [0.05, 0.1) is 0 Å². The molecule has 1 aromatic rings. The zero-order chi connectivity index (χ0) is 12.4. The van der Waals surface area contributed by atoms with E-state index in [1.807, 2.05) is 6.92 Å². The molecule has 2 rings (SSSR count). The van der Waals surface area contributed by atoms with Gasteiger partial charge in [-0.05, 0) is 56.5 Å². The van der Waals surface area contributed by atoms with Gasteiger partial charge in [-0.3, -0.25) is 0 Å². The first kappa shape index (κ1) is 12.9. The van der Waals surface area contributed by atoms with Crippen molar-refractivity contribution in [2.24, 2.45) is 5.73 Å². The van der Waals surface area contributed by atoms with Crippen molar-refractivity contribution in [3.05, 3.63) is 34.3 Å². The fraction of sp³-hybridized carbons (Fsp3) is 0.571. The summed E-state index contributed by atoms with van der Waals surface area (Å²) in [4.78, 5) is 2.36. The van der Waals surface area contributed by atoms with Gasteiger partial charge < -0.3 is 10.6 Å². The third kappa shape index (κ3) is 3.21. The fourth-order valence-corrected chi connectivity index (χ4v) is 2.95. The van der Waals surface area contributed by atoms with E-state index in [0.29, 0.717) is 5.92 Å². The Hall–Kier alpha value is -0.570. The van der Waals surface area contributed by atoms with Gasteiger partial charge in [-0.15, -0.1) is 0 Å². The Morgan fingerprint density at radius 2 is 2.29 bits per heavy atom. The molecule has 1 saturated heterocycles. The van der Waals surface area contributed by atoms with Crippen LogP contribution >= 0.6 is 11.6 Å². The van der Waals surface area contributed by atoms with Crippen LogP contribution in [0, 0.1) is 0 Å². The lowest BCUT2D eigenvalue weighted by Crippen LogP contribution is -2.17. The van der Waals surface area contributed by atoms with Crippen LogP contribution in [0.25, 0.3) is 0 Å². The third-order valence-electron chi connectivity index (χ3n) is 3.45. The normalized spacial score (nSPS) is 22.9. The molecule has 0 radical (unpaired) electrons. The number of hydrogen-bond donors (Lipinski definition) is 1. The lowest BCUT2D eigenvalue weighted by Gasteiger charge is -2.14. The van der Waals surface area contributed by atoms with E-state index < -0.39 is 0 Å². The minimum absolute atomic E-state index is 0.189. The number of hydrogen-bond acceptors (Lipinski definition) is 2. The minimum atomic E-state index is 0.189. The topological polar surface area (TPSA) is 29.3 Å². The molecule has 0 bridgehead atoms. The van der Waals surface area contributed by atoms with Gasteiger partial charge in [0.1, 0.15) is 0 Å². The van der Waals surface area contributed by atoms with E-state index in [0.717, 1.165) is 18.0 Å². The summed E-state index contributed by atoms with van der Waals surface area (Å²) in [7, 11) is 2.17. The maximum atomic E-state index is 6.38. The summed E-state index contributed by atoms with van der Waals surface area (Å²) in [6, 6.07) is 6.63. The lowest BCUT2D eigenvalue weighted by molar-refractivity contribution is 0.411. The van der Waals surface area contributed by atoms with Gasteiger partial charge in [0.2, 0.25) is 0 Å². The molecule has 0 aliphatic carbocycles. The van der Waals surface area contributed by atoms with Gasteiger partial charge in [0.15, 0.2) is 0 Å².